The molecule has 1 aromatic carbocycles. The van der Waals surface area contributed by atoms with E-state index in [1.165, 1.54) is 18.4 Å². The number of nitrogens with one attached hydrogen (secondary N) is 1. The Kier molecular flexibility index (Phi) is 3.24. The summed E-state index contributed by atoms with van der Waals surface area (Å²) in [7, 11) is 0. The highest BCUT2D eigenvalue weighted by molar-refractivity contribution is 5.50. The van der Waals surface area contributed by atoms with E-state index < -0.39 is 0 Å². The fourth-order valence-corrected chi connectivity index (χ4v) is 2.57. The number of hydrogen-bond donors (Lipinski definition) is 1. The van der Waals surface area contributed by atoms with Crippen molar-refractivity contribution in [2.75, 3.05) is 5.32 Å². The molecule has 2 nitrogen and oxygen atoms in total. The number of nitrogens with zero attached hydrogens (tertiary/aromatic N) is 1. The number of pyridine rings is 1. The molecule has 0 radical (unpaired) electrons. The monoisotopic (exact) mass is 252 g/mol. The van der Waals surface area contributed by atoms with Crippen LogP contribution >= 0.6 is 0 Å². The quantitative estimate of drug-likeness (QED) is 0.879. The molecule has 0 bridgehead atoms. The average Bonchev–Trinajstić information content (AvgIpc) is 3.23. The van der Waals surface area contributed by atoms with Crippen LogP contribution in [0.2, 0.25) is 0 Å². The maximum atomic E-state index is 4.54. The summed E-state index contributed by atoms with van der Waals surface area (Å²) in [6, 6.07) is 15.4. The van der Waals surface area contributed by atoms with Crippen molar-refractivity contribution in [2.24, 2.45) is 5.92 Å². The Morgan fingerprint density at radius 3 is 2.42 bits per heavy atom. The summed E-state index contributed by atoms with van der Waals surface area (Å²) in [5.41, 5.74) is 4.70. The number of aromatic nitrogens is 1. The number of hydrogen-bond acceptors (Lipinski definition) is 2. The Hall–Kier alpha value is -1.83. The van der Waals surface area contributed by atoms with Crippen molar-refractivity contribution in [3.63, 3.8) is 0 Å². The first-order chi connectivity index (χ1) is 9.24. The molecule has 1 aromatic heterocycles. The molecule has 0 aliphatic heterocycles. The maximum Gasteiger partial charge on any atom is 0.0607 e. The van der Waals surface area contributed by atoms with Gasteiger partial charge in [-0.15, -0.1) is 0 Å². The molecular weight excluding hydrogens is 232 g/mol. The number of rotatable bonds is 4. The highest BCUT2D eigenvalue weighted by Crippen LogP contribution is 2.43. The van der Waals surface area contributed by atoms with Gasteiger partial charge in [-0.3, -0.25) is 4.98 Å². The Labute approximate surface area is 114 Å². The van der Waals surface area contributed by atoms with E-state index in [1.54, 1.807) is 0 Å². The van der Waals surface area contributed by atoms with E-state index in [1.807, 2.05) is 6.92 Å². The van der Waals surface area contributed by atoms with Gasteiger partial charge in [0.2, 0.25) is 0 Å². The first-order valence-electron chi connectivity index (χ1n) is 7.00. The highest BCUT2D eigenvalue weighted by Gasteiger charge is 2.32. The third-order valence-corrected chi connectivity index (χ3v) is 3.79. The molecule has 98 valence electrons. The van der Waals surface area contributed by atoms with Gasteiger partial charge in [-0.05, 0) is 50.3 Å². The van der Waals surface area contributed by atoms with Crippen LogP contribution in [0.5, 0.6) is 0 Å². The van der Waals surface area contributed by atoms with Crippen molar-refractivity contribution in [3.8, 4) is 0 Å². The molecule has 1 aliphatic rings. The van der Waals surface area contributed by atoms with Gasteiger partial charge in [0.1, 0.15) is 0 Å². The van der Waals surface area contributed by atoms with Crippen molar-refractivity contribution in [1.82, 2.24) is 4.98 Å². The molecule has 19 heavy (non-hydrogen) atoms. The zero-order valence-electron chi connectivity index (χ0n) is 11.6. The lowest BCUT2D eigenvalue weighted by molar-refractivity contribution is 0.677. The van der Waals surface area contributed by atoms with Gasteiger partial charge in [0.05, 0.1) is 17.4 Å². The van der Waals surface area contributed by atoms with Crippen LogP contribution < -0.4 is 5.32 Å². The van der Waals surface area contributed by atoms with Crippen LogP contribution in [-0.2, 0) is 0 Å². The van der Waals surface area contributed by atoms with Crippen LogP contribution in [0.15, 0.2) is 42.5 Å². The van der Waals surface area contributed by atoms with Crippen LogP contribution in [0, 0.1) is 19.8 Å². The van der Waals surface area contributed by atoms with Crippen LogP contribution in [0.3, 0.4) is 0 Å². The molecule has 1 heterocycles. The third kappa shape index (κ3) is 2.78. The highest BCUT2D eigenvalue weighted by atomic mass is 15.0. The summed E-state index contributed by atoms with van der Waals surface area (Å²) in [5.74, 6) is 0.767. The molecule has 1 fully saturated rings. The zero-order valence-corrected chi connectivity index (χ0v) is 11.6. The molecule has 3 rings (SSSR count). The molecule has 1 saturated carbocycles. The van der Waals surface area contributed by atoms with Gasteiger partial charge in [0.25, 0.3) is 0 Å². The Bertz CT molecular complexity index is 559. The minimum Gasteiger partial charge on any atom is -0.376 e. The molecule has 1 atom stereocenters. The molecule has 0 spiro atoms. The van der Waals surface area contributed by atoms with Crippen LogP contribution in [0.4, 0.5) is 5.69 Å². The predicted molar refractivity (Wildman–Crippen MR) is 79.2 cm³/mol. The summed E-state index contributed by atoms with van der Waals surface area (Å²) in [5, 5.41) is 3.69. The topological polar surface area (TPSA) is 24.9 Å². The van der Waals surface area contributed by atoms with Gasteiger partial charge in [-0.2, -0.15) is 0 Å². The molecule has 1 aliphatic carbocycles. The second-order valence-corrected chi connectivity index (χ2v) is 5.46. The van der Waals surface area contributed by atoms with Crippen molar-refractivity contribution in [1.29, 1.82) is 0 Å². The van der Waals surface area contributed by atoms with Crippen LogP contribution in [-0.4, -0.2) is 4.98 Å². The molecule has 1 N–H and O–H groups in total. The van der Waals surface area contributed by atoms with Gasteiger partial charge in [-0.1, -0.05) is 30.3 Å². The summed E-state index contributed by atoms with van der Waals surface area (Å²) in [6.07, 6.45) is 2.65. The Morgan fingerprint density at radius 2 is 1.79 bits per heavy atom. The van der Waals surface area contributed by atoms with E-state index in [9.17, 15) is 0 Å². The zero-order chi connectivity index (χ0) is 13.2. The van der Waals surface area contributed by atoms with E-state index in [0.29, 0.717) is 6.04 Å². The van der Waals surface area contributed by atoms with Crippen LogP contribution in [0.1, 0.15) is 35.8 Å². The minimum absolute atomic E-state index is 0.421. The van der Waals surface area contributed by atoms with Gasteiger partial charge in [0.15, 0.2) is 0 Å². The lowest BCUT2D eigenvalue weighted by Crippen LogP contribution is -2.14. The molecule has 2 aromatic rings. The lowest BCUT2D eigenvalue weighted by atomic mass is 10.0. The molecule has 2 heteroatoms. The smallest absolute Gasteiger partial charge is 0.0607 e. The van der Waals surface area contributed by atoms with E-state index in [4.69, 9.17) is 0 Å². The first-order valence-corrected chi connectivity index (χ1v) is 7.00. The molecular formula is C17H20N2. The molecule has 0 amide bonds. The van der Waals surface area contributed by atoms with Crippen molar-refractivity contribution < 1.29 is 0 Å². The Balaban J connectivity index is 1.86. The van der Waals surface area contributed by atoms with E-state index >= 15 is 0 Å². The predicted octanol–water partition coefficient (Wildman–Crippen LogP) is 4.26. The standard InChI is InChI=1S/C17H20N2/c1-12-8-11-16(13(2)18-12)19-17(15-9-10-15)14-6-4-3-5-7-14/h3-8,11,15,17,19H,9-10H2,1-2H3. The SMILES string of the molecule is Cc1ccc(NC(c2ccccc2)C2CC2)c(C)n1. The van der Waals surface area contributed by atoms with Crippen molar-refractivity contribution in [3.05, 3.63) is 59.4 Å². The van der Waals surface area contributed by atoms with Crippen molar-refractivity contribution in [2.45, 2.75) is 32.7 Å². The molecule has 0 saturated heterocycles. The molecule has 1 unspecified atom stereocenters. The number of aryl methyl sites for hydroxylation is 2. The maximum absolute atomic E-state index is 4.54. The fourth-order valence-electron chi connectivity index (χ4n) is 2.57. The number of anilines is 1. The van der Waals surface area contributed by atoms with Gasteiger partial charge >= 0.3 is 0 Å². The van der Waals surface area contributed by atoms with Gasteiger partial charge in [0, 0.05) is 5.69 Å². The van der Waals surface area contributed by atoms with Crippen molar-refractivity contribution >= 4 is 5.69 Å². The summed E-state index contributed by atoms with van der Waals surface area (Å²) >= 11 is 0. The number of benzene rings is 1. The third-order valence-electron chi connectivity index (χ3n) is 3.79. The summed E-state index contributed by atoms with van der Waals surface area (Å²) in [4.78, 5) is 4.54. The fraction of sp³-hybridized carbons (Fsp3) is 0.353. The normalized spacial score (nSPS) is 16.1. The van der Waals surface area contributed by atoms with Crippen LogP contribution in [0.25, 0.3) is 0 Å². The minimum atomic E-state index is 0.421. The second-order valence-electron chi connectivity index (χ2n) is 5.46. The first kappa shape index (κ1) is 12.2. The largest absolute Gasteiger partial charge is 0.376 e. The second kappa shape index (κ2) is 5.04. The van der Waals surface area contributed by atoms with E-state index in [0.717, 1.165) is 23.0 Å². The van der Waals surface area contributed by atoms with E-state index in [2.05, 4.69) is 59.7 Å². The van der Waals surface area contributed by atoms with E-state index in [-0.39, 0.29) is 0 Å². The Morgan fingerprint density at radius 1 is 1.05 bits per heavy atom. The lowest BCUT2D eigenvalue weighted by Gasteiger charge is -2.21. The average molecular weight is 252 g/mol. The van der Waals surface area contributed by atoms with Gasteiger partial charge < -0.3 is 5.32 Å². The van der Waals surface area contributed by atoms with Gasteiger partial charge in [-0.25, -0.2) is 0 Å². The summed E-state index contributed by atoms with van der Waals surface area (Å²) in [6.45, 7) is 4.11. The summed E-state index contributed by atoms with van der Waals surface area (Å²) < 4.78 is 0.